The molecule has 4 aromatic rings. The van der Waals surface area contributed by atoms with Crippen molar-refractivity contribution in [2.45, 2.75) is 46.1 Å². The topological polar surface area (TPSA) is 43.3 Å². The van der Waals surface area contributed by atoms with Crippen LogP contribution < -0.4 is 10.1 Å². The highest BCUT2D eigenvalue weighted by Crippen LogP contribution is 2.52. The number of para-hydroxylation sites is 1. The predicted molar refractivity (Wildman–Crippen MR) is 139 cm³/mol. The number of allylic oxidation sites excluding steroid dienone is 2. The monoisotopic (exact) mass is 450 g/mol. The van der Waals surface area contributed by atoms with Gasteiger partial charge in [0.15, 0.2) is 5.78 Å². The molecular weight excluding hydrogens is 420 g/mol. The highest BCUT2D eigenvalue weighted by molar-refractivity contribution is 6.14. The molecule has 0 fully saturated rings. The highest BCUT2D eigenvalue weighted by Gasteiger charge is 2.41. The second-order valence-electron chi connectivity index (χ2n) is 10.4. The molecule has 1 N–H and O–H groups in total. The first kappa shape index (κ1) is 21.0. The van der Waals surface area contributed by atoms with Gasteiger partial charge < -0.3 is 14.6 Å². The zero-order valence-corrected chi connectivity index (χ0v) is 20.2. The molecule has 0 bridgehead atoms. The van der Waals surface area contributed by atoms with E-state index in [1.807, 2.05) is 12.1 Å². The summed E-state index contributed by atoms with van der Waals surface area (Å²) in [6.07, 6.45) is 1.43. The summed E-state index contributed by atoms with van der Waals surface area (Å²) in [6.45, 7) is 7.45. The van der Waals surface area contributed by atoms with E-state index in [4.69, 9.17) is 4.74 Å². The van der Waals surface area contributed by atoms with Crippen LogP contribution in [0.15, 0.2) is 71.9 Å². The lowest BCUT2D eigenvalue weighted by Gasteiger charge is -2.40. The van der Waals surface area contributed by atoms with E-state index in [2.05, 4.69) is 79.2 Å². The Labute approximate surface area is 200 Å². The Morgan fingerprint density at radius 3 is 2.65 bits per heavy atom. The van der Waals surface area contributed by atoms with Crippen LogP contribution in [0.25, 0.3) is 21.8 Å². The SMILES string of the molecule is CCn1c2ccccc2c2c3c(ccc21)NC1=C(C(=O)CC(C)(C)C1)C3c1cccc(OC)c1. The van der Waals surface area contributed by atoms with Crippen LogP contribution in [-0.4, -0.2) is 17.5 Å². The number of methoxy groups -OCH3 is 1. The Bertz CT molecular complexity index is 1510. The van der Waals surface area contributed by atoms with Gasteiger partial charge in [0.2, 0.25) is 0 Å². The van der Waals surface area contributed by atoms with Crippen molar-refractivity contribution in [3.05, 3.63) is 83.1 Å². The number of fused-ring (bicyclic) bond motifs is 5. The lowest BCUT2D eigenvalue weighted by atomic mass is 9.68. The summed E-state index contributed by atoms with van der Waals surface area (Å²) < 4.78 is 7.97. The van der Waals surface area contributed by atoms with Crippen molar-refractivity contribution in [2.24, 2.45) is 5.41 Å². The standard InChI is InChI=1S/C30H30N2O2/c1-5-32-23-12-7-6-11-20(23)27-24(32)14-13-21-29(27)26(18-9-8-10-19(15-18)34-4)28-22(31-21)16-30(2,3)17-25(28)33/h6-15,26,31H,5,16-17H2,1-4H3. The van der Waals surface area contributed by atoms with Gasteiger partial charge in [-0.2, -0.15) is 0 Å². The van der Waals surface area contributed by atoms with Crippen LogP contribution in [-0.2, 0) is 11.3 Å². The number of benzene rings is 3. The molecule has 1 aromatic heterocycles. The van der Waals surface area contributed by atoms with Crippen molar-refractivity contribution in [3.63, 3.8) is 0 Å². The number of aromatic nitrogens is 1. The smallest absolute Gasteiger partial charge is 0.162 e. The Hall–Kier alpha value is -3.53. The molecule has 1 unspecified atom stereocenters. The number of nitrogens with one attached hydrogen (secondary N) is 1. The second kappa shape index (κ2) is 7.49. The third-order valence-electron chi connectivity index (χ3n) is 7.50. The average molecular weight is 451 g/mol. The molecule has 4 nitrogen and oxygen atoms in total. The van der Waals surface area contributed by atoms with Crippen molar-refractivity contribution in [1.82, 2.24) is 4.57 Å². The van der Waals surface area contributed by atoms with Gasteiger partial charge in [0.25, 0.3) is 0 Å². The first-order chi connectivity index (χ1) is 16.4. The van der Waals surface area contributed by atoms with Gasteiger partial charge in [-0.1, -0.05) is 44.2 Å². The van der Waals surface area contributed by atoms with E-state index in [-0.39, 0.29) is 17.1 Å². The summed E-state index contributed by atoms with van der Waals surface area (Å²) in [5, 5.41) is 6.19. The van der Waals surface area contributed by atoms with Crippen molar-refractivity contribution in [3.8, 4) is 5.75 Å². The molecule has 0 amide bonds. The number of ketones is 1. The number of hydrogen-bond acceptors (Lipinski definition) is 3. The number of carbonyl (C=O) groups excluding carboxylic acids is 1. The highest BCUT2D eigenvalue weighted by atomic mass is 16.5. The molecule has 1 aliphatic heterocycles. The van der Waals surface area contributed by atoms with Crippen molar-refractivity contribution < 1.29 is 9.53 Å². The maximum atomic E-state index is 13.7. The van der Waals surface area contributed by atoms with Gasteiger partial charge in [-0.15, -0.1) is 0 Å². The van der Waals surface area contributed by atoms with Gasteiger partial charge in [0.1, 0.15) is 5.75 Å². The molecule has 2 aliphatic rings. The minimum absolute atomic E-state index is 0.0539. The maximum absolute atomic E-state index is 13.7. The van der Waals surface area contributed by atoms with Gasteiger partial charge in [-0.3, -0.25) is 4.79 Å². The summed E-state index contributed by atoms with van der Waals surface area (Å²) in [7, 11) is 1.70. The zero-order valence-electron chi connectivity index (χ0n) is 20.2. The molecule has 0 spiro atoms. The van der Waals surface area contributed by atoms with E-state index in [1.165, 1.54) is 27.4 Å². The summed E-state index contributed by atoms with van der Waals surface area (Å²) in [5.74, 6) is 0.921. The second-order valence-corrected chi connectivity index (χ2v) is 10.4. The van der Waals surface area contributed by atoms with E-state index in [9.17, 15) is 4.79 Å². The minimum atomic E-state index is -0.134. The number of anilines is 1. The first-order valence-corrected chi connectivity index (χ1v) is 12.1. The van der Waals surface area contributed by atoms with Crippen molar-refractivity contribution in [2.75, 3.05) is 12.4 Å². The number of rotatable bonds is 3. The molecule has 6 rings (SSSR count). The average Bonchev–Trinajstić information content (AvgIpc) is 3.15. The van der Waals surface area contributed by atoms with Crippen LogP contribution in [0, 0.1) is 5.41 Å². The fourth-order valence-corrected chi connectivity index (χ4v) is 6.16. The lowest BCUT2D eigenvalue weighted by molar-refractivity contribution is -0.118. The van der Waals surface area contributed by atoms with Gasteiger partial charge in [0.05, 0.1) is 7.11 Å². The minimum Gasteiger partial charge on any atom is -0.497 e. The van der Waals surface area contributed by atoms with Crippen LogP contribution >= 0.6 is 0 Å². The van der Waals surface area contributed by atoms with Crippen LogP contribution in [0.1, 0.15) is 50.7 Å². The van der Waals surface area contributed by atoms with E-state index in [0.29, 0.717) is 6.42 Å². The quantitative estimate of drug-likeness (QED) is 0.365. The van der Waals surface area contributed by atoms with Gasteiger partial charge in [-0.05, 0) is 60.2 Å². The molecule has 1 atom stereocenters. The zero-order chi connectivity index (χ0) is 23.6. The number of ether oxygens (including phenoxy) is 1. The first-order valence-electron chi connectivity index (χ1n) is 12.1. The number of Topliss-reactive ketones (excluding diaryl/α,β-unsaturated/α-hetero) is 1. The fourth-order valence-electron chi connectivity index (χ4n) is 6.16. The third-order valence-corrected chi connectivity index (χ3v) is 7.50. The largest absolute Gasteiger partial charge is 0.497 e. The Kier molecular flexibility index (Phi) is 4.63. The molecule has 172 valence electrons. The molecule has 0 radical (unpaired) electrons. The van der Waals surface area contributed by atoms with Crippen LogP contribution in [0.2, 0.25) is 0 Å². The van der Waals surface area contributed by atoms with E-state index < -0.39 is 0 Å². The molecule has 3 aromatic carbocycles. The third kappa shape index (κ3) is 3.01. The van der Waals surface area contributed by atoms with Crippen molar-refractivity contribution >= 4 is 33.3 Å². The van der Waals surface area contributed by atoms with Gasteiger partial charge in [-0.25, -0.2) is 0 Å². The molecule has 34 heavy (non-hydrogen) atoms. The maximum Gasteiger partial charge on any atom is 0.162 e. The molecule has 2 heterocycles. The van der Waals surface area contributed by atoms with Crippen molar-refractivity contribution in [1.29, 1.82) is 0 Å². The number of hydrogen-bond donors (Lipinski definition) is 1. The summed E-state index contributed by atoms with van der Waals surface area (Å²) >= 11 is 0. The van der Waals surface area contributed by atoms with E-state index in [0.717, 1.165) is 41.2 Å². The van der Waals surface area contributed by atoms with Crippen LogP contribution in [0.5, 0.6) is 5.75 Å². The lowest BCUT2D eigenvalue weighted by Crippen LogP contribution is -2.33. The summed E-state index contributed by atoms with van der Waals surface area (Å²) in [6, 6.07) is 21.3. The number of aryl methyl sites for hydroxylation is 1. The molecule has 0 saturated heterocycles. The predicted octanol–water partition coefficient (Wildman–Crippen LogP) is 7.02. The fraction of sp³-hybridized carbons (Fsp3) is 0.300. The van der Waals surface area contributed by atoms with Gasteiger partial charge in [0, 0.05) is 57.6 Å². The van der Waals surface area contributed by atoms with Crippen LogP contribution in [0.4, 0.5) is 5.69 Å². The Morgan fingerprint density at radius 1 is 1.03 bits per heavy atom. The van der Waals surface area contributed by atoms with E-state index >= 15 is 0 Å². The van der Waals surface area contributed by atoms with Crippen LogP contribution in [0.3, 0.4) is 0 Å². The molecular formula is C30H30N2O2. The number of carbonyl (C=O) groups is 1. The normalized spacial score (nSPS) is 19.2. The summed E-state index contributed by atoms with van der Waals surface area (Å²) in [5.41, 5.74) is 7.77. The molecule has 0 saturated carbocycles. The van der Waals surface area contributed by atoms with E-state index in [1.54, 1.807) is 7.11 Å². The summed E-state index contributed by atoms with van der Waals surface area (Å²) in [4.78, 5) is 13.7. The Morgan fingerprint density at radius 2 is 1.85 bits per heavy atom. The number of nitrogens with zero attached hydrogens (tertiary/aromatic N) is 1. The molecule has 1 aliphatic carbocycles. The Balaban J connectivity index is 1.72. The van der Waals surface area contributed by atoms with Gasteiger partial charge >= 0.3 is 0 Å². The molecule has 4 heteroatoms.